The number of hydrogen-bond acceptors (Lipinski definition) is 9. The Morgan fingerprint density at radius 1 is 0.212 bits per heavy atom. The number of carbonyl (C=O) groups excluding carboxylic acids is 9. The number of benzene rings is 9. The molecule has 9 nitrogen and oxygen atoms in total. The van der Waals surface area contributed by atoms with E-state index in [-0.39, 0.29) is 88.6 Å². The van der Waals surface area contributed by atoms with Gasteiger partial charge in [0.1, 0.15) is 0 Å². The Balaban J connectivity index is 0.000000401. The number of alkyl halides is 2. The molecule has 0 spiro atoms. The molecule has 0 aliphatic heterocycles. The molecule has 15 heteroatoms. The number of hydrogen-bond donors (Lipinski definition) is 0. The van der Waals surface area contributed by atoms with Crippen LogP contribution in [0.4, 0.5) is 0 Å². The zero-order valence-corrected chi connectivity index (χ0v) is 86.1. The summed E-state index contributed by atoms with van der Waals surface area (Å²) in [5.74, 6) is 0. The number of carbonyl (C=O) groups is 9. The molecular weight excluding hydrogens is 1740 g/mol. The summed E-state index contributed by atoms with van der Waals surface area (Å²) in [6, 6.07) is 35.1. The fourth-order valence-electron chi connectivity index (χ4n) is 18.6. The third kappa shape index (κ3) is 21.0. The third-order valence-electron chi connectivity index (χ3n) is 22.5. The maximum Gasteiger partial charge on any atom is 1.00 e. The summed E-state index contributed by atoms with van der Waals surface area (Å²) in [4.78, 5) is 140. The van der Waals surface area contributed by atoms with Crippen molar-refractivity contribution in [2.75, 3.05) is 10.7 Å². The molecule has 0 aliphatic rings. The minimum Gasteiger partial charge on any atom is 1.00 e. The molecule has 0 fully saturated rings. The maximum absolute atomic E-state index is 16.3. The van der Waals surface area contributed by atoms with Gasteiger partial charge in [0, 0.05) is 10.7 Å². The predicted molar refractivity (Wildman–Crippen MR) is 481 cm³/mol. The van der Waals surface area contributed by atoms with Gasteiger partial charge >= 0.3 is 697 Å². The minimum absolute atomic E-state index is 0. The van der Waals surface area contributed by atoms with Crippen LogP contribution < -0.4 is 51.4 Å². The van der Waals surface area contributed by atoms with Crippen molar-refractivity contribution in [3.63, 3.8) is 0 Å². The second-order valence-corrected chi connectivity index (χ2v) is 56.1. The summed E-state index contributed by atoms with van der Waals surface area (Å²) >= 11 is -8.61. The molecule has 0 bridgehead atoms. The van der Waals surface area contributed by atoms with Crippen LogP contribution in [0.25, 0.3) is 0 Å². The van der Waals surface area contributed by atoms with Gasteiger partial charge in [-0.15, -0.1) is 0 Å². The van der Waals surface area contributed by atoms with E-state index in [0.29, 0.717) is 117 Å². The number of halogens is 2. The summed E-state index contributed by atoms with van der Waals surface area (Å²) < 4.78 is -3.00. The fourth-order valence-corrected chi connectivity index (χ4v) is 46.0. The van der Waals surface area contributed by atoms with E-state index in [1.807, 2.05) is 296 Å². The molecule has 0 aromatic heterocycles. The second kappa shape index (κ2) is 40.6. The van der Waals surface area contributed by atoms with Crippen molar-refractivity contribution >= 4 is 114 Å². The van der Waals surface area contributed by atoms with Crippen molar-refractivity contribution in [2.24, 2.45) is 0 Å². The molecule has 0 unspecified atom stereocenters. The van der Waals surface area contributed by atoms with Crippen LogP contribution in [0.1, 0.15) is 269 Å². The second-order valence-electron chi connectivity index (χ2n) is 32.8. The molecular formula is C98H117Br2Ge3KO9. The van der Waals surface area contributed by atoms with Crippen LogP contribution >= 0.6 is 31.9 Å². The number of rotatable bonds is 26. The average molecular weight is 1860 g/mol. The summed E-state index contributed by atoms with van der Waals surface area (Å²) in [7, 11) is 0. The van der Waals surface area contributed by atoms with E-state index < -0.39 is 68.6 Å². The van der Waals surface area contributed by atoms with Gasteiger partial charge < -0.3 is 0 Å². The van der Waals surface area contributed by atoms with Crippen molar-refractivity contribution in [1.29, 1.82) is 0 Å². The van der Waals surface area contributed by atoms with Crippen molar-refractivity contribution < 1.29 is 94.5 Å². The molecule has 0 N–H and O–H groups in total. The van der Waals surface area contributed by atoms with Gasteiger partial charge in [0.15, 0.2) is 0 Å². The minimum atomic E-state index is -5.50. The molecule has 0 heterocycles. The van der Waals surface area contributed by atoms with E-state index in [2.05, 4.69) is 31.9 Å². The van der Waals surface area contributed by atoms with Crippen LogP contribution in [0.5, 0.6) is 0 Å². The fraction of sp³-hybridized carbons (Fsp3) is 0.357. The smallest absolute Gasteiger partial charge is 1.00 e. The van der Waals surface area contributed by atoms with E-state index in [0.717, 1.165) is 94.1 Å². The van der Waals surface area contributed by atoms with E-state index >= 15 is 28.8 Å². The van der Waals surface area contributed by atoms with Crippen LogP contribution in [0.2, 0.25) is 10.5 Å². The summed E-state index contributed by atoms with van der Waals surface area (Å²) in [6.07, 6.45) is 2.88. The molecule has 0 atom stereocenters. The Morgan fingerprint density at radius 3 is 0.442 bits per heavy atom. The van der Waals surface area contributed by atoms with Crippen molar-refractivity contribution in [1.82, 2.24) is 0 Å². The SMILES string of the molecule is BrCCCCBr.Cc1cc(C)c([C](=O)[GeH2-]([C](=O)c2c(C)cc(C)cc2C)[C](=O)c2c(C)cc(C)cc2C)c(C)c1.Cc1cc(C)c([C](=O)[Ge]([CH2]CC[CH2][Ge]([C](=O)c2c(C)cc(C)cc2C)([C](=O)c2c(C)cc(C)cc2C)[C](=O)c2c(C)cc(C)cc2C)([C](=O)c2c(C)cc(C)cc2C)[C](=O)c2c(C)cc(C)cc2C)c(C)c1.[K+]. The molecule has 113 heavy (non-hydrogen) atoms. The van der Waals surface area contributed by atoms with Crippen LogP contribution in [0.15, 0.2) is 109 Å². The predicted octanol–water partition coefficient (Wildman–Crippen LogP) is 20.3. The Bertz CT molecular complexity index is 4400. The quantitative estimate of drug-likeness (QED) is 0.0293. The average Bonchev–Trinajstić information content (AvgIpc) is 0.732. The summed E-state index contributed by atoms with van der Waals surface area (Å²) in [5, 5.41) is 2.20. The van der Waals surface area contributed by atoms with Gasteiger partial charge in [0.25, 0.3) is 0 Å². The summed E-state index contributed by atoms with van der Waals surface area (Å²) in [5.41, 5.74) is 26.5. The topological polar surface area (TPSA) is 154 Å². The largest absolute Gasteiger partial charge is 1.00 e. The van der Waals surface area contributed by atoms with Gasteiger partial charge in [-0.1, -0.05) is 31.9 Å². The normalized spacial score (nSPS) is 11.4. The van der Waals surface area contributed by atoms with Gasteiger partial charge in [-0.2, -0.15) is 0 Å². The Morgan fingerprint density at radius 2 is 0.327 bits per heavy atom. The molecule has 0 aliphatic carbocycles. The van der Waals surface area contributed by atoms with Gasteiger partial charge in [0.2, 0.25) is 0 Å². The van der Waals surface area contributed by atoms with Crippen molar-refractivity contribution in [3.8, 4) is 0 Å². The molecule has 0 saturated heterocycles. The van der Waals surface area contributed by atoms with Gasteiger partial charge in [0.05, 0.1) is 0 Å². The first kappa shape index (κ1) is 96.1. The molecule has 9 aromatic rings. The first-order valence-electron chi connectivity index (χ1n) is 39.3. The number of aryl methyl sites for hydroxylation is 27. The Labute approximate surface area is 743 Å². The van der Waals surface area contributed by atoms with E-state index in [1.165, 1.54) is 12.8 Å². The summed E-state index contributed by atoms with van der Waals surface area (Å²) in [6.45, 7) is 51.7. The maximum atomic E-state index is 16.3. The third-order valence-corrected chi connectivity index (χ3v) is 47.4. The van der Waals surface area contributed by atoms with E-state index in [4.69, 9.17) is 0 Å². The van der Waals surface area contributed by atoms with Gasteiger partial charge in [-0.3, -0.25) is 0 Å². The zero-order chi connectivity index (χ0) is 83.9. The molecule has 9 rings (SSSR count). The van der Waals surface area contributed by atoms with Crippen LogP contribution in [0, 0.1) is 187 Å². The Kier molecular flexibility index (Phi) is 34.5. The first-order valence-corrected chi connectivity index (χ1v) is 55.2. The first-order chi connectivity index (χ1) is 52.3. The standard InChI is InChI=1S/C64H74Ge2O6.C30H35GeO3.C4H8Br2.K/c1-35-23-41(7)53(42(8)24-35)59(67)65(60(68)54-43(9)25-36(2)26-44(54)10,61(69)55-45(11)27-37(3)28-46(55)12)21-19-20-22-66(62(70)56-47(13)29-38(4)30-48(56)14,63(71)57-49(15)31-39(5)32-50(57)16)64(72)58-51(17)33-40(6)34-52(58)18;1-16-10-19(4)25(20(5)11-16)28(32)31(29(33)26-21(6)12-17(2)13-22(26)7)30(34)27-23(8)14-18(3)15-24(27)9;5-3-1-2-4-6;/h23-34H,19-22H2,1-18H3;10-15H,31H2,1-9H3;1-4H2;/q;-1;;+1. The van der Waals surface area contributed by atoms with Crippen LogP contribution in [-0.4, -0.2) is 93.1 Å². The molecule has 0 amide bonds. The van der Waals surface area contributed by atoms with Crippen LogP contribution in [-0.2, 0) is 0 Å². The molecule has 9 aromatic carbocycles. The molecule has 590 valence electrons. The zero-order valence-electron chi connectivity index (χ0n) is 72.7. The van der Waals surface area contributed by atoms with Gasteiger partial charge in [-0.05, 0) is 12.8 Å². The van der Waals surface area contributed by atoms with Crippen molar-refractivity contribution in [3.05, 3.63) is 309 Å². The van der Waals surface area contributed by atoms with E-state index in [9.17, 15) is 14.4 Å². The van der Waals surface area contributed by atoms with Crippen molar-refractivity contribution in [2.45, 2.75) is 223 Å². The monoisotopic (exact) mass is 1860 g/mol. The Hall–Kier alpha value is -5.77. The van der Waals surface area contributed by atoms with Crippen LogP contribution in [0.3, 0.4) is 0 Å². The number of unbranched alkanes of at least 4 members (excludes halogenated alkanes) is 2. The van der Waals surface area contributed by atoms with Gasteiger partial charge in [-0.25, -0.2) is 0 Å². The molecule has 0 saturated carbocycles. The van der Waals surface area contributed by atoms with E-state index in [1.54, 1.807) is 0 Å². The molecule has 0 radical (unpaired) electrons.